The number of aromatic nitrogens is 3. The number of hydrogen-bond acceptors (Lipinski definition) is 4. The van der Waals surface area contributed by atoms with Crippen LogP contribution in [0, 0.1) is 19.8 Å². The lowest BCUT2D eigenvalue weighted by Crippen LogP contribution is -2.55. The zero-order valence-electron chi connectivity index (χ0n) is 28.7. The van der Waals surface area contributed by atoms with E-state index in [2.05, 4.69) is 96.2 Å². The number of fused-ring (bicyclic) bond motifs is 5. The van der Waals surface area contributed by atoms with Gasteiger partial charge >= 0.3 is 5.97 Å². The van der Waals surface area contributed by atoms with Crippen molar-refractivity contribution >= 4 is 33.8 Å². The van der Waals surface area contributed by atoms with Crippen LogP contribution in [0.25, 0.3) is 33.2 Å². The quantitative estimate of drug-likeness (QED) is 0.117. The van der Waals surface area contributed by atoms with E-state index in [1.807, 2.05) is 18.2 Å². The Labute approximate surface area is 282 Å². The fourth-order valence-electron chi connectivity index (χ4n) is 8.22. The molecule has 2 aromatic heterocycles. The monoisotopic (exact) mass is 645 g/mol. The van der Waals surface area contributed by atoms with Crippen molar-refractivity contribution in [3.8, 4) is 11.3 Å². The number of aryl methyl sites for hydroxylation is 2. The molecule has 3 aromatic carbocycles. The van der Waals surface area contributed by atoms with E-state index in [0.29, 0.717) is 17.5 Å². The van der Waals surface area contributed by atoms with Crippen molar-refractivity contribution in [3.63, 3.8) is 0 Å². The minimum atomic E-state index is -1.06. The van der Waals surface area contributed by atoms with E-state index in [0.717, 1.165) is 66.8 Å². The number of carbonyl (C=O) groups is 2. The average molecular weight is 646 g/mol. The molecule has 4 heterocycles. The van der Waals surface area contributed by atoms with Gasteiger partial charge in [-0.2, -0.15) is 0 Å². The number of aromatic carboxylic acids is 1. The number of nitrogens with one attached hydrogen (secondary N) is 3. The molecule has 0 spiro atoms. The van der Waals surface area contributed by atoms with Gasteiger partial charge in [-0.3, -0.25) is 4.79 Å². The highest BCUT2D eigenvalue weighted by molar-refractivity contribution is 5.95. The van der Waals surface area contributed by atoms with Gasteiger partial charge in [-0.1, -0.05) is 36.2 Å². The highest BCUT2D eigenvalue weighted by Gasteiger charge is 2.42. The van der Waals surface area contributed by atoms with Crippen LogP contribution in [0.15, 0.2) is 54.6 Å². The van der Waals surface area contributed by atoms with Crippen LogP contribution in [0.4, 0.5) is 0 Å². The predicted octanol–water partition coefficient (Wildman–Crippen LogP) is 7.64. The van der Waals surface area contributed by atoms with Crippen LogP contribution in [-0.4, -0.2) is 62.5 Å². The topological polar surface area (TPSA) is 114 Å². The molecule has 3 fully saturated rings. The van der Waals surface area contributed by atoms with Gasteiger partial charge in [-0.05, 0) is 137 Å². The molecule has 1 aliphatic carbocycles. The highest BCUT2D eigenvalue weighted by atomic mass is 16.4. The van der Waals surface area contributed by atoms with Crippen LogP contribution in [-0.2, 0) is 16.6 Å². The summed E-state index contributed by atoms with van der Waals surface area (Å²) in [6.07, 6.45) is 5.60. The molecule has 1 saturated carbocycles. The minimum Gasteiger partial charge on any atom is -0.475 e. The Morgan fingerprint density at radius 2 is 1.73 bits per heavy atom. The maximum absolute atomic E-state index is 14.1. The molecule has 0 radical (unpaired) electrons. The fourth-order valence-corrected chi connectivity index (χ4v) is 8.22. The largest absolute Gasteiger partial charge is 0.475 e. The number of rotatable bonds is 10. The second-order valence-electron chi connectivity index (χ2n) is 14.9. The van der Waals surface area contributed by atoms with Gasteiger partial charge in [0.15, 0.2) is 0 Å². The molecule has 2 aliphatic heterocycles. The first-order chi connectivity index (χ1) is 23.0. The molecule has 1 amide bonds. The number of hydrogen-bond donors (Lipinski definition) is 4. The van der Waals surface area contributed by atoms with Gasteiger partial charge in [0.05, 0.1) is 22.1 Å². The maximum atomic E-state index is 14.1. The molecular formula is C40H47N5O3. The third-order valence-electron chi connectivity index (χ3n) is 10.9. The zero-order chi connectivity index (χ0) is 33.7. The molecule has 4 N–H and O–H groups in total. The van der Waals surface area contributed by atoms with E-state index >= 15 is 0 Å². The average Bonchev–Trinajstić information content (AvgIpc) is 3.68. The number of piperidine rings is 2. The molecule has 0 unspecified atom stereocenters. The van der Waals surface area contributed by atoms with E-state index in [1.165, 1.54) is 40.5 Å². The van der Waals surface area contributed by atoms with Crippen LogP contribution in [0.5, 0.6) is 0 Å². The van der Waals surface area contributed by atoms with Crippen LogP contribution in [0.2, 0.25) is 0 Å². The molecule has 2 saturated heterocycles. The van der Waals surface area contributed by atoms with Gasteiger partial charge in [0.2, 0.25) is 11.7 Å². The van der Waals surface area contributed by atoms with E-state index in [1.54, 1.807) is 0 Å². The lowest BCUT2D eigenvalue weighted by atomic mass is 9.76. The van der Waals surface area contributed by atoms with Gasteiger partial charge < -0.3 is 25.3 Å². The molecule has 8 heteroatoms. The Morgan fingerprint density at radius 1 is 0.979 bits per heavy atom. The number of carbonyl (C=O) groups excluding carboxylic acids is 1. The molecule has 5 aromatic rings. The first-order valence-corrected chi connectivity index (χ1v) is 17.5. The molecule has 3 aliphatic rings. The van der Waals surface area contributed by atoms with Crippen LogP contribution >= 0.6 is 0 Å². The molecule has 8 rings (SSSR count). The molecule has 2 bridgehead atoms. The summed E-state index contributed by atoms with van der Waals surface area (Å²) < 4.78 is 0. The van der Waals surface area contributed by atoms with Gasteiger partial charge in [0.25, 0.3) is 0 Å². The Balaban J connectivity index is 1.16. The number of carboxylic acid groups (broad SMARTS) is 1. The van der Waals surface area contributed by atoms with Crippen LogP contribution in [0.1, 0.15) is 90.8 Å². The first kappa shape index (κ1) is 32.1. The first-order valence-electron chi connectivity index (χ1n) is 17.5. The second-order valence-corrected chi connectivity index (χ2v) is 14.9. The summed E-state index contributed by atoms with van der Waals surface area (Å²) in [6, 6.07) is 19.6. The summed E-state index contributed by atoms with van der Waals surface area (Å²) in [4.78, 5) is 38.5. The predicted molar refractivity (Wildman–Crippen MR) is 192 cm³/mol. The molecule has 1 atom stereocenters. The van der Waals surface area contributed by atoms with Crippen LogP contribution in [0.3, 0.4) is 0 Å². The number of H-pyrrole nitrogens is 2. The number of imidazole rings is 1. The minimum absolute atomic E-state index is 0.0400. The molecule has 250 valence electrons. The smallest absolute Gasteiger partial charge is 0.371 e. The zero-order valence-corrected chi connectivity index (χ0v) is 28.7. The van der Waals surface area contributed by atoms with Crippen molar-refractivity contribution in [1.82, 2.24) is 25.2 Å². The Morgan fingerprint density at radius 3 is 2.42 bits per heavy atom. The van der Waals surface area contributed by atoms with Crippen molar-refractivity contribution < 1.29 is 14.7 Å². The summed E-state index contributed by atoms with van der Waals surface area (Å²) in [5, 5.41) is 14.1. The van der Waals surface area contributed by atoms with Crippen molar-refractivity contribution in [2.45, 2.75) is 84.1 Å². The summed E-state index contributed by atoms with van der Waals surface area (Å²) in [7, 11) is 0. The second kappa shape index (κ2) is 12.5. The summed E-state index contributed by atoms with van der Waals surface area (Å²) in [6.45, 7) is 13.2. The highest BCUT2D eigenvalue weighted by Crippen LogP contribution is 2.41. The Kier molecular flexibility index (Phi) is 8.40. The van der Waals surface area contributed by atoms with E-state index < -0.39 is 11.4 Å². The van der Waals surface area contributed by atoms with E-state index in [-0.39, 0.29) is 17.6 Å². The maximum Gasteiger partial charge on any atom is 0.371 e. The summed E-state index contributed by atoms with van der Waals surface area (Å²) >= 11 is 0. The number of amides is 1. The lowest BCUT2D eigenvalue weighted by Gasteiger charge is -2.47. The number of carboxylic acids is 1. The third kappa shape index (κ3) is 6.02. The Hall–Kier alpha value is -4.43. The number of aromatic amines is 2. The summed E-state index contributed by atoms with van der Waals surface area (Å²) in [5.74, 6) is -0.000981. The third-order valence-corrected chi connectivity index (χ3v) is 10.9. The summed E-state index contributed by atoms with van der Waals surface area (Å²) in [5.41, 5.74) is 10.1. The number of benzene rings is 3. The Bertz CT molecular complexity index is 1990. The van der Waals surface area contributed by atoms with Gasteiger partial charge in [-0.25, -0.2) is 9.78 Å². The number of nitrogens with zero attached hydrogens (tertiary/aromatic N) is 2. The molecular weight excluding hydrogens is 598 g/mol. The normalized spacial score (nSPS) is 18.6. The molecule has 8 nitrogen and oxygen atoms in total. The fraction of sp³-hybridized carbons (Fsp3) is 0.425. The van der Waals surface area contributed by atoms with Crippen molar-refractivity contribution in [2.24, 2.45) is 5.92 Å². The van der Waals surface area contributed by atoms with Crippen molar-refractivity contribution in [2.75, 3.05) is 19.6 Å². The SMILES string of the molecule is Cc1cc(C)cc(-c2[nH]c3ccc(C(C)(C)C(=O)N4CC5CCC4CC5)cc3c2[C@H](C)CNCCc2ccc3nc(C(=O)O)[nH]c3c2)c1. The van der Waals surface area contributed by atoms with Gasteiger partial charge in [-0.15, -0.1) is 0 Å². The van der Waals surface area contributed by atoms with E-state index in [9.17, 15) is 14.7 Å². The standard InChI is InChI=1S/C40H47N5O3/c1-23-16-24(2)18-28(17-23)36-35(25(3)21-41-15-14-26-8-12-33-34(19-26)44-37(43-33)38(46)47)31-20-29(9-13-32(31)42-36)40(4,5)39(48)45-22-27-6-10-30(45)11-7-27/h8-9,12-13,16-20,25,27,30,41-42H,6-7,10-11,14-15,21-22H2,1-5H3,(H,43,44)(H,46,47)/t25-,27?,30?/m1/s1. The molecule has 48 heavy (non-hydrogen) atoms. The van der Waals surface area contributed by atoms with Crippen molar-refractivity contribution in [1.29, 1.82) is 0 Å². The van der Waals surface area contributed by atoms with Gasteiger partial charge in [0.1, 0.15) is 0 Å². The van der Waals surface area contributed by atoms with Gasteiger partial charge in [0, 0.05) is 30.0 Å². The van der Waals surface area contributed by atoms with Crippen LogP contribution < -0.4 is 5.32 Å². The van der Waals surface area contributed by atoms with Crippen molar-refractivity contribution in [3.05, 3.63) is 88.2 Å². The van der Waals surface area contributed by atoms with E-state index in [4.69, 9.17) is 0 Å². The lowest BCUT2D eigenvalue weighted by molar-refractivity contribution is -0.144.